The number of halogens is 1. The van der Waals surface area contributed by atoms with E-state index >= 15 is 0 Å². The highest BCUT2D eigenvalue weighted by atomic mass is 35.5. The summed E-state index contributed by atoms with van der Waals surface area (Å²) < 4.78 is 27.5. The summed E-state index contributed by atoms with van der Waals surface area (Å²) in [4.78, 5) is 14.6. The van der Waals surface area contributed by atoms with Crippen molar-refractivity contribution in [1.29, 1.82) is 0 Å². The van der Waals surface area contributed by atoms with Crippen molar-refractivity contribution in [3.05, 3.63) is 59.1 Å². The lowest BCUT2D eigenvalue weighted by atomic mass is 10.0. The van der Waals surface area contributed by atoms with Gasteiger partial charge in [0.15, 0.2) is 0 Å². The van der Waals surface area contributed by atoms with E-state index in [1.807, 2.05) is 11.8 Å². The Morgan fingerprint density at radius 3 is 2.35 bits per heavy atom. The number of hydrogen-bond acceptors (Lipinski definition) is 3. The van der Waals surface area contributed by atoms with Crippen molar-refractivity contribution in [2.45, 2.75) is 37.1 Å². The number of carbonyl (C=O) groups is 1. The summed E-state index contributed by atoms with van der Waals surface area (Å²) in [6.45, 7) is 2.80. The average molecular weight is 393 g/mol. The van der Waals surface area contributed by atoms with E-state index in [1.54, 1.807) is 36.4 Å². The average Bonchev–Trinajstić information content (AvgIpc) is 2.63. The molecule has 1 fully saturated rings. The fourth-order valence-electron chi connectivity index (χ4n) is 3.07. The summed E-state index contributed by atoms with van der Waals surface area (Å²) in [5, 5.41) is 0.530. The van der Waals surface area contributed by atoms with Gasteiger partial charge in [-0.25, -0.2) is 8.42 Å². The number of amides is 1. The van der Waals surface area contributed by atoms with Crippen LogP contribution in [0, 0.1) is 0 Å². The van der Waals surface area contributed by atoms with Crippen LogP contribution in [-0.2, 0) is 10.0 Å². The normalized spacial score (nSPS) is 17.8. The number of likely N-dealkylation sites (tertiary alicyclic amines) is 1. The van der Waals surface area contributed by atoms with Crippen molar-refractivity contribution in [3.63, 3.8) is 0 Å². The third kappa shape index (κ3) is 4.19. The van der Waals surface area contributed by atoms with Gasteiger partial charge in [0.25, 0.3) is 15.9 Å². The molecule has 0 aromatic heterocycles. The molecule has 7 heteroatoms. The molecule has 26 heavy (non-hydrogen) atoms. The Kier molecular flexibility index (Phi) is 5.53. The number of rotatable bonds is 4. The molecule has 0 spiro atoms. The zero-order chi connectivity index (χ0) is 18.7. The van der Waals surface area contributed by atoms with E-state index < -0.39 is 10.0 Å². The summed E-state index contributed by atoms with van der Waals surface area (Å²) in [5.74, 6) is -0.0493. The summed E-state index contributed by atoms with van der Waals surface area (Å²) in [5.41, 5.74) is 0.931. The van der Waals surface area contributed by atoms with Crippen LogP contribution in [-0.4, -0.2) is 31.8 Å². The quantitative estimate of drug-likeness (QED) is 0.849. The smallest absolute Gasteiger partial charge is 0.261 e. The maximum Gasteiger partial charge on any atom is 0.261 e. The molecule has 138 valence electrons. The van der Waals surface area contributed by atoms with Gasteiger partial charge >= 0.3 is 0 Å². The fourth-order valence-corrected chi connectivity index (χ4v) is 4.26. The fraction of sp³-hybridized carbons (Fsp3) is 0.316. The van der Waals surface area contributed by atoms with Crippen molar-refractivity contribution < 1.29 is 13.2 Å². The summed E-state index contributed by atoms with van der Waals surface area (Å²) in [6.07, 6.45) is 3.15. The molecule has 0 radical (unpaired) electrons. The number of sulfonamides is 1. The van der Waals surface area contributed by atoms with Crippen molar-refractivity contribution in [2.24, 2.45) is 0 Å². The Labute approximate surface area is 159 Å². The lowest BCUT2D eigenvalue weighted by Crippen LogP contribution is -2.42. The molecule has 0 bridgehead atoms. The molecule has 3 rings (SSSR count). The number of hydrogen-bond donors (Lipinski definition) is 1. The summed E-state index contributed by atoms with van der Waals surface area (Å²) in [6, 6.07) is 12.7. The number of nitrogens with zero attached hydrogens (tertiary/aromatic N) is 1. The van der Waals surface area contributed by atoms with E-state index in [0.717, 1.165) is 25.8 Å². The molecule has 0 saturated carbocycles. The molecule has 1 atom stereocenters. The lowest BCUT2D eigenvalue weighted by Gasteiger charge is -2.33. The number of benzene rings is 2. The van der Waals surface area contributed by atoms with Gasteiger partial charge in [0.05, 0.1) is 4.90 Å². The van der Waals surface area contributed by atoms with Crippen LogP contribution in [0.2, 0.25) is 5.02 Å². The molecule has 2 aromatic carbocycles. The first-order valence-electron chi connectivity index (χ1n) is 8.56. The van der Waals surface area contributed by atoms with E-state index in [4.69, 9.17) is 11.6 Å². The first-order chi connectivity index (χ1) is 12.4. The van der Waals surface area contributed by atoms with E-state index in [1.165, 1.54) is 12.1 Å². The molecule has 1 saturated heterocycles. The lowest BCUT2D eigenvalue weighted by molar-refractivity contribution is 0.0635. The molecule has 5 nitrogen and oxygen atoms in total. The Morgan fingerprint density at radius 1 is 1.08 bits per heavy atom. The second-order valence-corrected chi connectivity index (χ2v) is 8.60. The van der Waals surface area contributed by atoms with Gasteiger partial charge in [-0.1, -0.05) is 11.6 Å². The van der Waals surface area contributed by atoms with Crippen LogP contribution in [0.3, 0.4) is 0 Å². The monoisotopic (exact) mass is 392 g/mol. The van der Waals surface area contributed by atoms with Crippen LogP contribution in [0.1, 0.15) is 36.5 Å². The molecule has 1 unspecified atom stereocenters. The highest BCUT2D eigenvalue weighted by Crippen LogP contribution is 2.22. The third-order valence-electron chi connectivity index (χ3n) is 4.57. The van der Waals surface area contributed by atoms with Gasteiger partial charge in [0, 0.05) is 28.9 Å². The van der Waals surface area contributed by atoms with Crippen LogP contribution < -0.4 is 4.72 Å². The topological polar surface area (TPSA) is 66.5 Å². The van der Waals surface area contributed by atoms with Gasteiger partial charge in [-0.15, -0.1) is 0 Å². The molecule has 1 N–H and O–H groups in total. The second-order valence-electron chi connectivity index (χ2n) is 6.48. The predicted molar refractivity (Wildman–Crippen MR) is 103 cm³/mol. The van der Waals surface area contributed by atoms with Crippen LogP contribution >= 0.6 is 11.6 Å². The predicted octanol–water partition coefficient (Wildman–Crippen LogP) is 4.16. The van der Waals surface area contributed by atoms with Gasteiger partial charge < -0.3 is 4.90 Å². The standard InChI is InChI=1S/C19H21ClN2O3S/c1-14-4-2-3-13-22(14)19(23)15-5-11-18(12-6-15)26(24,25)21-17-9-7-16(20)8-10-17/h5-12,14,21H,2-4,13H2,1H3. The van der Waals surface area contributed by atoms with Crippen molar-refractivity contribution >= 4 is 33.2 Å². The van der Waals surface area contributed by atoms with Crippen molar-refractivity contribution in [1.82, 2.24) is 4.90 Å². The third-order valence-corrected chi connectivity index (χ3v) is 6.22. The zero-order valence-corrected chi connectivity index (χ0v) is 16.1. The first kappa shape index (κ1) is 18.7. The van der Waals surface area contributed by atoms with Crippen LogP contribution in [0.15, 0.2) is 53.4 Å². The molecule has 0 aliphatic carbocycles. The Hall–Kier alpha value is -2.05. The highest BCUT2D eigenvalue weighted by molar-refractivity contribution is 7.92. The van der Waals surface area contributed by atoms with Crippen LogP contribution in [0.25, 0.3) is 0 Å². The van der Waals surface area contributed by atoms with Crippen LogP contribution in [0.5, 0.6) is 0 Å². The van der Waals surface area contributed by atoms with E-state index in [0.29, 0.717) is 16.3 Å². The maximum absolute atomic E-state index is 12.6. The van der Waals surface area contributed by atoms with Crippen molar-refractivity contribution in [3.8, 4) is 0 Å². The molecule has 2 aromatic rings. The highest BCUT2D eigenvalue weighted by Gasteiger charge is 2.24. The van der Waals surface area contributed by atoms with Gasteiger partial charge in [-0.05, 0) is 74.7 Å². The minimum Gasteiger partial charge on any atom is -0.336 e. The summed E-state index contributed by atoms with van der Waals surface area (Å²) >= 11 is 5.81. The molecule has 1 heterocycles. The molecule has 1 aliphatic heterocycles. The number of piperidine rings is 1. The molecular formula is C19H21ClN2O3S. The Balaban J connectivity index is 1.75. The number of anilines is 1. The van der Waals surface area contributed by atoms with Gasteiger partial charge in [0.2, 0.25) is 0 Å². The van der Waals surface area contributed by atoms with Gasteiger partial charge in [-0.3, -0.25) is 9.52 Å². The molecule has 1 aliphatic rings. The Morgan fingerprint density at radius 2 is 1.73 bits per heavy atom. The number of carbonyl (C=O) groups excluding carboxylic acids is 1. The first-order valence-corrected chi connectivity index (χ1v) is 10.4. The second kappa shape index (κ2) is 7.68. The maximum atomic E-state index is 12.6. The SMILES string of the molecule is CC1CCCCN1C(=O)c1ccc(S(=O)(=O)Nc2ccc(Cl)cc2)cc1. The Bertz CT molecular complexity index is 880. The largest absolute Gasteiger partial charge is 0.336 e. The van der Waals surface area contributed by atoms with E-state index in [2.05, 4.69) is 4.72 Å². The zero-order valence-electron chi connectivity index (χ0n) is 14.5. The summed E-state index contributed by atoms with van der Waals surface area (Å²) in [7, 11) is -3.72. The van der Waals surface area contributed by atoms with Crippen molar-refractivity contribution in [2.75, 3.05) is 11.3 Å². The molecular weight excluding hydrogens is 372 g/mol. The van der Waals surface area contributed by atoms with E-state index in [9.17, 15) is 13.2 Å². The minimum atomic E-state index is -3.72. The van der Waals surface area contributed by atoms with E-state index in [-0.39, 0.29) is 16.8 Å². The molecule has 1 amide bonds. The number of nitrogens with one attached hydrogen (secondary N) is 1. The minimum absolute atomic E-state index is 0.0493. The van der Waals surface area contributed by atoms with Gasteiger partial charge in [0.1, 0.15) is 0 Å². The van der Waals surface area contributed by atoms with Crippen LogP contribution in [0.4, 0.5) is 5.69 Å². The van der Waals surface area contributed by atoms with Gasteiger partial charge in [-0.2, -0.15) is 0 Å².